The van der Waals surface area contributed by atoms with Crippen molar-refractivity contribution < 1.29 is 5.11 Å². The Labute approximate surface area is 126 Å². The molecule has 1 N–H and O–H groups in total. The molecule has 2 fully saturated rings. The van der Waals surface area contributed by atoms with Crippen LogP contribution in [0.2, 0.25) is 5.02 Å². The second kappa shape index (κ2) is 6.36. The van der Waals surface area contributed by atoms with Crippen LogP contribution in [0.25, 0.3) is 0 Å². The van der Waals surface area contributed by atoms with Crippen LogP contribution in [0.1, 0.15) is 44.1 Å². The summed E-state index contributed by atoms with van der Waals surface area (Å²) in [6.07, 6.45) is 9.12. The van der Waals surface area contributed by atoms with Crippen molar-refractivity contribution in [3.63, 3.8) is 0 Å². The molecule has 3 heteroatoms. The molecule has 1 heterocycles. The van der Waals surface area contributed by atoms with Gasteiger partial charge in [-0.15, -0.1) is 0 Å². The summed E-state index contributed by atoms with van der Waals surface area (Å²) >= 11 is 6.22. The van der Waals surface area contributed by atoms with Crippen molar-refractivity contribution in [3.05, 3.63) is 28.8 Å². The van der Waals surface area contributed by atoms with E-state index < -0.39 is 0 Å². The predicted molar refractivity (Wildman–Crippen MR) is 83.4 cm³/mol. The van der Waals surface area contributed by atoms with Crippen LogP contribution in [-0.4, -0.2) is 29.1 Å². The molecule has 1 saturated carbocycles. The fourth-order valence-corrected chi connectivity index (χ4v) is 4.09. The Kier molecular flexibility index (Phi) is 4.52. The molecule has 0 aromatic heterocycles. The quantitative estimate of drug-likeness (QED) is 0.901. The number of rotatable bonds is 3. The molecule has 0 radical (unpaired) electrons. The number of benzene rings is 1. The lowest BCUT2D eigenvalue weighted by Gasteiger charge is -2.31. The van der Waals surface area contributed by atoms with E-state index in [1.165, 1.54) is 51.6 Å². The van der Waals surface area contributed by atoms with Gasteiger partial charge in [0.2, 0.25) is 0 Å². The molecule has 1 atom stereocenters. The van der Waals surface area contributed by atoms with E-state index in [1.807, 2.05) is 12.1 Å². The fraction of sp³-hybridized carbons (Fsp3) is 0.647. The number of aromatic hydroxyl groups is 1. The molecule has 1 aromatic rings. The lowest BCUT2D eigenvalue weighted by molar-refractivity contribution is 0.185. The van der Waals surface area contributed by atoms with Crippen LogP contribution in [0.4, 0.5) is 0 Å². The van der Waals surface area contributed by atoms with Crippen LogP contribution >= 0.6 is 11.6 Å². The number of likely N-dealkylation sites (tertiary alicyclic amines) is 1. The zero-order valence-corrected chi connectivity index (χ0v) is 12.8. The third kappa shape index (κ3) is 3.12. The monoisotopic (exact) mass is 293 g/mol. The van der Waals surface area contributed by atoms with Crippen LogP contribution in [0.15, 0.2) is 18.2 Å². The van der Waals surface area contributed by atoms with E-state index in [0.717, 1.165) is 18.0 Å². The Morgan fingerprint density at radius 1 is 1.15 bits per heavy atom. The van der Waals surface area contributed by atoms with Crippen molar-refractivity contribution in [2.75, 3.05) is 13.1 Å². The Morgan fingerprint density at radius 3 is 2.70 bits per heavy atom. The van der Waals surface area contributed by atoms with Gasteiger partial charge in [-0.25, -0.2) is 0 Å². The van der Waals surface area contributed by atoms with E-state index in [-0.39, 0.29) is 0 Å². The molecule has 2 aliphatic rings. The van der Waals surface area contributed by atoms with Gasteiger partial charge in [0.05, 0.1) is 0 Å². The summed E-state index contributed by atoms with van der Waals surface area (Å²) < 4.78 is 0. The number of halogens is 1. The summed E-state index contributed by atoms with van der Waals surface area (Å²) in [6.45, 7) is 2.40. The molecule has 2 nitrogen and oxygen atoms in total. The third-order valence-electron chi connectivity index (χ3n) is 5.00. The maximum absolute atomic E-state index is 9.97. The number of nitrogens with zero attached hydrogens (tertiary/aromatic N) is 1. The smallest absolute Gasteiger partial charge is 0.120 e. The van der Waals surface area contributed by atoms with Gasteiger partial charge in [0.15, 0.2) is 0 Å². The Balaban J connectivity index is 1.60. The van der Waals surface area contributed by atoms with E-state index in [4.69, 9.17) is 11.6 Å². The normalized spacial score (nSPS) is 25.1. The molecule has 0 spiro atoms. The molecule has 0 amide bonds. The largest absolute Gasteiger partial charge is 0.508 e. The van der Waals surface area contributed by atoms with E-state index in [2.05, 4.69) is 4.90 Å². The summed E-state index contributed by atoms with van der Waals surface area (Å²) in [5.41, 5.74) is 0.935. The molecule has 1 aliphatic carbocycles. The van der Waals surface area contributed by atoms with Crippen LogP contribution in [0.3, 0.4) is 0 Å². The van der Waals surface area contributed by atoms with Crippen molar-refractivity contribution in [2.24, 2.45) is 5.92 Å². The van der Waals surface area contributed by atoms with Crippen LogP contribution in [0.5, 0.6) is 5.75 Å². The maximum atomic E-state index is 9.97. The van der Waals surface area contributed by atoms with Gasteiger partial charge in [-0.2, -0.15) is 0 Å². The molecule has 1 saturated heterocycles. The minimum Gasteiger partial charge on any atom is -0.508 e. The van der Waals surface area contributed by atoms with Crippen LogP contribution in [-0.2, 0) is 6.42 Å². The second-order valence-corrected chi connectivity index (χ2v) is 6.79. The first-order chi connectivity index (χ1) is 9.74. The Bertz CT molecular complexity index is 436. The van der Waals surface area contributed by atoms with Crippen LogP contribution < -0.4 is 0 Å². The first-order valence-electron chi connectivity index (χ1n) is 7.94. The zero-order valence-electron chi connectivity index (χ0n) is 12.0. The van der Waals surface area contributed by atoms with Crippen molar-refractivity contribution in [1.29, 1.82) is 0 Å². The van der Waals surface area contributed by atoms with E-state index in [9.17, 15) is 5.11 Å². The van der Waals surface area contributed by atoms with Gasteiger partial charge in [-0.3, -0.25) is 0 Å². The number of hydrogen-bond acceptors (Lipinski definition) is 2. The Morgan fingerprint density at radius 2 is 1.95 bits per heavy atom. The fourth-order valence-electron chi connectivity index (χ4n) is 3.85. The molecule has 110 valence electrons. The average Bonchev–Trinajstić information content (AvgIpc) is 2.93. The first kappa shape index (κ1) is 14.2. The van der Waals surface area contributed by atoms with Crippen molar-refractivity contribution >= 4 is 11.6 Å². The van der Waals surface area contributed by atoms with Gasteiger partial charge >= 0.3 is 0 Å². The molecule has 20 heavy (non-hydrogen) atoms. The van der Waals surface area contributed by atoms with Crippen molar-refractivity contribution in [3.8, 4) is 5.75 Å². The highest BCUT2D eigenvalue weighted by molar-refractivity contribution is 6.31. The molecule has 0 bridgehead atoms. The lowest BCUT2D eigenvalue weighted by Crippen LogP contribution is -2.35. The summed E-state index contributed by atoms with van der Waals surface area (Å²) in [5, 5.41) is 10.7. The topological polar surface area (TPSA) is 23.5 Å². The van der Waals surface area contributed by atoms with E-state index in [1.54, 1.807) is 6.07 Å². The van der Waals surface area contributed by atoms with Gasteiger partial charge < -0.3 is 10.0 Å². The standard InChI is InChI=1S/C17H24ClNO/c18-16-7-4-8-17(20)15(16)11-13-9-10-19(12-13)14-5-2-1-3-6-14/h4,7-8,13-14,20H,1-3,5-6,9-12H2. The zero-order chi connectivity index (χ0) is 13.9. The van der Waals surface area contributed by atoms with Gasteiger partial charge in [-0.05, 0) is 50.3 Å². The van der Waals surface area contributed by atoms with Crippen molar-refractivity contribution in [2.45, 2.75) is 51.0 Å². The van der Waals surface area contributed by atoms with Gasteiger partial charge in [0.1, 0.15) is 5.75 Å². The third-order valence-corrected chi connectivity index (χ3v) is 5.35. The second-order valence-electron chi connectivity index (χ2n) is 6.38. The summed E-state index contributed by atoms with van der Waals surface area (Å²) in [4.78, 5) is 2.68. The number of phenolic OH excluding ortho intramolecular Hbond substituents is 1. The molecule has 3 rings (SSSR count). The van der Waals surface area contributed by atoms with Gasteiger partial charge in [-0.1, -0.05) is 36.9 Å². The van der Waals surface area contributed by atoms with E-state index in [0.29, 0.717) is 16.7 Å². The average molecular weight is 294 g/mol. The minimum atomic E-state index is 0.355. The van der Waals surface area contributed by atoms with E-state index >= 15 is 0 Å². The van der Waals surface area contributed by atoms with Crippen molar-refractivity contribution in [1.82, 2.24) is 4.90 Å². The highest BCUT2D eigenvalue weighted by Crippen LogP contribution is 2.33. The first-order valence-corrected chi connectivity index (χ1v) is 8.32. The molecular weight excluding hydrogens is 270 g/mol. The molecule has 1 aliphatic heterocycles. The predicted octanol–water partition coefficient (Wildman–Crippen LogP) is 4.24. The molecular formula is C17H24ClNO. The van der Waals surface area contributed by atoms with Gasteiger partial charge in [0.25, 0.3) is 0 Å². The highest BCUT2D eigenvalue weighted by Gasteiger charge is 2.29. The lowest BCUT2D eigenvalue weighted by atomic mass is 9.94. The maximum Gasteiger partial charge on any atom is 0.120 e. The number of phenols is 1. The van der Waals surface area contributed by atoms with Crippen LogP contribution in [0, 0.1) is 5.92 Å². The summed E-state index contributed by atoms with van der Waals surface area (Å²) in [6, 6.07) is 6.25. The summed E-state index contributed by atoms with van der Waals surface area (Å²) in [7, 11) is 0. The van der Waals surface area contributed by atoms with Gasteiger partial charge in [0, 0.05) is 23.2 Å². The minimum absolute atomic E-state index is 0.355. The SMILES string of the molecule is Oc1cccc(Cl)c1CC1CCN(C2CCCCC2)C1. The number of hydrogen-bond donors (Lipinski definition) is 1. The molecule has 1 unspecified atom stereocenters. The molecule has 1 aromatic carbocycles. The Hall–Kier alpha value is -0.730. The summed E-state index contributed by atoms with van der Waals surface area (Å²) in [5.74, 6) is 0.997. The highest BCUT2D eigenvalue weighted by atomic mass is 35.5.